The van der Waals surface area contributed by atoms with E-state index in [-0.39, 0.29) is 6.61 Å². The fourth-order valence-electron chi connectivity index (χ4n) is 0.906. The van der Waals surface area contributed by atoms with E-state index in [1.54, 1.807) is 0 Å². The van der Waals surface area contributed by atoms with Gasteiger partial charge in [0.2, 0.25) is 0 Å². The first-order chi connectivity index (χ1) is 6.70. The highest BCUT2D eigenvalue weighted by Gasteiger charge is 2.07. The highest BCUT2D eigenvalue weighted by molar-refractivity contribution is 5.49. The summed E-state index contributed by atoms with van der Waals surface area (Å²) in [5.41, 5.74) is 0. The van der Waals surface area contributed by atoms with Crippen LogP contribution in [0.4, 0.5) is 0 Å². The van der Waals surface area contributed by atoms with Crippen LogP contribution in [0.1, 0.15) is 13.8 Å². The van der Waals surface area contributed by atoms with Gasteiger partial charge >= 0.3 is 0 Å². The molecule has 0 aromatic rings. The van der Waals surface area contributed by atoms with Gasteiger partial charge in [0.05, 0.1) is 6.61 Å². The van der Waals surface area contributed by atoms with E-state index in [0.717, 1.165) is 0 Å². The molecule has 4 nitrogen and oxygen atoms in total. The van der Waals surface area contributed by atoms with Crippen LogP contribution in [0, 0.1) is 0 Å². The molecule has 1 heterocycles. The SMILES string of the molecule is CC.CN1CCN(C)CC1.O=CCO. The third kappa shape index (κ3) is 11.6. The van der Waals surface area contributed by atoms with E-state index in [9.17, 15) is 0 Å². The lowest BCUT2D eigenvalue weighted by Crippen LogP contribution is -2.42. The number of hydrogen-bond acceptors (Lipinski definition) is 4. The molecular formula is C10H24N2O2. The normalized spacial score (nSPS) is 17.2. The van der Waals surface area contributed by atoms with Gasteiger partial charge in [-0.3, -0.25) is 0 Å². The second-order valence-electron chi connectivity index (χ2n) is 2.96. The lowest BCUT2D eigenvalue weighted by atomic mass is 10.4. The van der Waals surface area contributed by atoms with Gasteiger partial charge in [-0.15, -0.1) is 0 Å². The smallest absolute Gasteiger partial charge is 0.145 e. The molecule has 0 aliphatic carbocycles. The van der Waals surface area contributed by atoms with Crippen molar-refractivity contribution in [1.29, 1.82) is 0 Å². The molecule has 86 valence electrons. The topological polar surface area (TPSA) is 43.8 Å². The molecule has 1 aliphatic rings. The van der Waals surface area contributed by atoms with E-state index in [1.165, 1.54) is 26.2 Å². The molecule has 1 aliphatic heterocycles. The summed E-state index contributed by atoms with van der Waals surface area (Å²) in [6, 6.07) is 0. The van der Waals surface area contributed by atoms with Crippen molar-refractivity contribution in [2.24, 2.45) is 0 Å². The maximum atomic E-state index is 8.92. The zero-order valence-electron chi connectivity index (χ0n) is 9.86. The number of carbonyl (C=O) groups is 1. The second-order valence-corrected chi connectivity index (χ2v) is 2.96. The van der Waals surface area contributed by atoms with Gasteiger partial charge in [0.25, 0.3) is 0 Å². The van der Waals surface area contributed by atoms with Crippen LogP contribution in [-0.2, 0) is 4.79 Å². The lowest BCUT2D eigenvalue weighted by Gasteiger charge is -2.28. The maximum absolute atomic E-state index is 8.92. The molecule has 0 radical (unpaired) electrons. The highest BCUT2D eigenvalue weighted by atomic mass is 16.3. The second kappa shape index (κ2) is 12.6. The van der Waals surface area contributed by atoms with Gasteiger partial charge in [0, 0.05) is 26.2 Å². The number of hydrogen-bond donors (Lipinski definition) is 1. The van der Waals surface area contributed by atoms with Gasteiger partial charge in [-0.05, 0) is 14.1 Å². The average Bonchev–Trinajstić information content (AvgIpc) is 2.26. The van der Waals surface area contributed by atoms with Gasteiger partial charge < -0.3 is 19.7 Å². The first-order valence-corrected chi connectivity index (χ1v) is 5.12. The maximum Gasteiger partial charge on any atom is 0.145 e. The predicted molar refractivity (Wildman–Crippen MR) is 59.5 cm³/mol. The minimum Gasteiger partial charge on any atom is -0.389 e. The van der Waals surface area contributed by atoms with Crippen LogP contribution >= 0.6 is 0 Å². The molecule has 0 amide bonds. The molecule has 0 spiro atoms. The van der Waals surface area contributed by atoms with Crippen LogP contribution in [0.3, 0.4) is 0 Å². The van der Waals surface area contributed by atoms with E-state index in [4.69, 9.17) is 9.90 Å². The first-order valence-electron chi connectivity index (χ1n) is 5.12. The Bertz CT molecular complexity index is 103. The van der Waals surface area contributed by atoms with Crippen molar-refractivity contribution in [1.82, 2.24) is 9.80 Å². The summed E-state index contributed by atoms with van der Waals surface area (Å²) in [7, 11) is 4.35. The molecule has 14 heavy (non-hydrogen) atoms. The van der Waals surface area contributed by atoms with E-state index in [1.807, 2.05) is 13.8 Å². The molecule has 1 N–H and O–H groups in total. The lowest BCUT2D eigenvalue weighted by molar-refractivity contribution is -0.110. The van der Waals surface area contributed by atoms with Crippen molar-refractivity contribution in [3.63, 3.8) is 0 Å². The third-order valence-electron chi connectivity index (χ3n) is 1.80. The summed E-state index contributed by atoms with van der Waals surface area (Å²) in [5, 5.41) is 7.51. The molecule has 0 bridgehead atoms. The zero-order valence-corrected chi connectivity index (χ0v) is 9.86. The molecule has 0 aromatic heterocycles. The zero-order chi connectivity index (χ0) is 11.4. The number of aldehydes is 1. The molecule has 4 heteroatoms. The van der Waals surface area contributed by atoms with Gasteiger partial charge in [-0.2, -0.15) is 0 Å². The predicted octanol–water partition coefficient (Wildman–Crippen LogP) is 0.0674. The number of likely N-dealkylation sites (N-methyl/N-ethyl adjacent to an activating group) is 2. The Kier molecular flexibility index (Phi) is 14.3. The quantitative estimate of drug-likeness (QED) is 0.614. The molecule has 0 saturated carbocycles. The number of carbonyl (C=O) groups excluding carboxylic acids is 1. The monoisotopic (exact) mass is 204 g/mol. The number of piperazine rings is 1. The van der Waals surface area contributed by atoms with Crippen molar-refractivity contribution in [3.8, 4) is 0 Å². The Hall–Kier alpha value is -0.450. The molecule has 0 aromatic carbocycles. The van der Waals surface area contributed by atoms with Crippen LogP contribution in [0.5, 0.6) is 0 Å². The first kappa shape index (κ1) is 16.0. The van der Waals surface area contributed by atoms with Crippen molar-refractivity contribution in [2.75, 3.05) is 46.9 Å². The van der Waals surface area contributed by atoms with Crippen molar-refractivity contribution in [3.05, 3.63) is 0 Å². The van der Waals surface area contributed by atoms with Crippen molar-refractivity contribution in [2.45, 2.75) is 13.8 Å². The van der Waals surface area contributed by atoms with Crippen LogP contribution < -0.4 is 0 Å². The van der Waals surface area contributed by atoms with Crippen LogP contribution in [0.15, 0.2) is 0 Å². The van der Waals surface area contributed by atoms with Gasteiger partial charge in [-0.25, -0.2) is 0 Å². The molecule has 0 atom stereocenters. The molecule has 1 fully saturated rings. The minimum absolute atomic E-state index is 0.361. The Morgan fingerprint density at radius 3 is 1.43 bits per heavy atom. The Morgan fingerprint density at radius 2 is 1.29 bits per heavy atom. The number of aliphatic hydroxyl groups is 1. The number of nitrogens with zero attached hydrogens (tertiary/aromatic N) is 2. The fourth-order valence-corrected chi connectivity index (χ4v) is 0.906. The van der Waals surface area contributed by atoms with Crippen LogP contribution in [0.25, 0.3) is 0 Å². The molecule has 0 unspecified atom stereocenters. The van der Waals surface area contributed by atoms with Gasteiger partial charge in [0.1, 0.15) is 6.29 Å². The summed E-state index contributed by atoms with van der Waals surface area (Å²) >= 11 is 0. The Labute approximate surface area is 87.5 Å². The third-order valence-corrected chi connectivity index (χ3v) is 1.80. The van der Waals surface area contributed by atoms with Crippen LogP contribution in [0.2, 0.25) is 0 Å². The summed E-state index contributed by atoms with van der Waals surface area (Å²) in [5.74, 6) is 0. The molecular weight excluding hydrogens is 180 g/mol. The summed E-state index contributed by atoms with van der Waals surface area (Å²) in [6.07, 6.45) is 0.431. The minimum atomic E-state index is -0.361. The summed E-state index contributed by atoms with van der Waals surface area (Å²) in [6.45, 7) is 8.57. The fraction of sp³-hybridized carbons (Fsp3) is 0.900. The standard InChI is InChI=1S/C6H14N2.C2H4O2.C2H6/c1-7-3-5-8(2)6-4-7;3-1-2-4;1-2/h3-6H2,1-2H3;1,4H,2H2;1-2H3. The number of aliphatic hydroxyl groups excluding tert-OH is 1. The average molecular weight is 204 g/mol. The van der Waals surface area contributed by atoms with Crippen LogP contribution in [-0.4, -0.2) is 68.1 Å². The summed E-state index contributed by atoms with van der Waals surface area (Å²) in [4.78, 5) is 13.6. The van der Waals surface area contributed by atoms with E-state index >= 15 is 0 Å². The highest BCUT2D eigenvalue weighted by Crippen LogP contribution is 1.93. The molecule has 1 rings (SSSR count). The van der Waals surface area contributed by atoms with Gasteiger partial charge in [0.15, 0.2) is 0 Å². The van der Waals surface area contributed by atoms with Crippen molar-refractivity contribution < 1.29 is 9.90 Å². The van der Waals surface area contributed by atoms with E-state index < -0.39 is 0 Å². The van der Waals surface area contributed by atoms with E-state index in [0.29, 0.717) is 6.29 Å². The van der Waals surface area contributed by atoms with Crippen molar-refractivity contribution >= 4 is 6.29 Å². The summed E-state index contributed by atoms with van der Waals surface area (Å²) < 4.78 is 0. The number of rotatable bonds is 1. The largest absolute Gasteiger partial charge is 0.389 e. The van der Waals surface area contributed by atoms with E-state index in [2.05, 4.69) is 23.9 Å². The Balaban J connectivity index is 0. The van der Waals surface area contributed by atoms with Gasteiger partial charge in [-0.1, -0.05) is 13.8 Å². The molecule has 1 saturated heterocycles. The Morgan fingerprint density at radius 1 is 1.07 bits per heavy atom.